The monoisotopic (exact) mass is 208 g/mol. The first-order valence-electron chi connectivity index (χ1n) is 5.28. The van der Waals surface area contributed by atoms with Gasteiger partial charge in [0, 0.05) is 31.9 Å². The summed E-state index contributed by atoms with van der Waals surface area (Å²) in [5.74, 6) is 0.0441. The normalized spacial score (nSPS) is 20.9. The van der Waals surface area contributed by atoms with E-state index in [4.69, 9.17) is 5.73 Å². The van der Waals surface area contributed by atoms with E-state index in [1.54, 1.807) is 22.0 Å². The highest BCUT2D eigenvalue weighted by Gasteiger charge is 2.25. The largest absolute Gasteiger partial charge is 0.337 e. The number of carbonyl (C=O) groups is 1. The minimum Gasteiger partial charge on any atom is -0.337 e. The van der Waals surface area contributed by atoms with Crippen molar-refractivity contribution in [3.05, 3.63) is 18.0 Å². The van der Waals surface area contributed by atoms with Gasteiger partial charge in [-0.15, -0.1) is 0 Å². The molecule has 2 heterocycles. The van der Waals surface area contributed by atoms with Gasteiger partial charge in [0.15, 0.2) is 0 Å². The predicted octanol–water partition coefficient (Wildman–Crippen LogP) is 0.0762. The number of nitrogens with zero attached hydrogens (tertiary/aromatic N) is 3. The maximum Gasteiger partial charge on any atom is 0.257 e. The Hall–Kier alpha value is -1.36. The number of carbonyl (C=O) groups excluding carboxylic acids is 1. The number of nitrogens with two attached hydrogens (primary N) is 1. The zero-order chi connectivity index (χ0) is 10.8. The van der Waals surface area contributed by atoms with Gasteiger partial charge in [0.2, 0.25) is 0 Å². The van der Waals surface area contributed by atoms with E-state index < -0.39 is 0 Å². The standard InChI is InChI=1S/C10H16N4O/c1-2-14-6-8(5-12-14)10(15)13-4-3-9(11)7-13/h5-6,9H,2-4,7,11H2,1H3/t9-/m0/s1. The first-order chi connectivity index (χ1) is 7.20. The average molecular weight is 208 g/mol. The van der Waals surface area contributed by atoms with Crippen LogP contribution in [0.4, 0.5) is 0 Å². The van der Waals surface area contributed by atoms with Crippen LogP contribution >= 0.6 is 0 Å². The van der Waals surface area contributed by atoms with Gasteiger partial charge in [0.05, 0.1) is 11.8 Å². The fraction of sp³-hybridized carbons (Fsp3) is 0.600. The van der Waals surface area contributed by atoms with Crippen molar-refractivity contribution in [3.63, 3.8) is 0 Å². The van der Waals surface area contributed by atoms with Crippen LogP contribution in [0.3, 0.4) is 0 Å². The van der Waals surface area contributed by atoms with Crippen molar-refractivity contribution >= 4 is 5.91 Å². The Labute approximate surface area is 88.8 Å². The lowest BCUT2D eigenvalue weighted by Crippen LogP contribution is -2.31. The Morgan fingerprint density at radius 3 is 3.07 bits per heavy atom. The van der Waals surface area contributed by atoms with E-state index in [2.05, 4.69) is 5.10 Å². The molecule has 0 bridgehead atoms. The quantitative estimate of drug-likeness (QED) is 0.748. The lowest BCUT2D eigenvalue weighted by Gasteiger charge is -2.13. The van der Waals surface area contributed by atoms with Crippen molar-refractivity contribution in [2.75, 3.05) is 13.1 Å². The van der Waals surface area contributed by atoms with E-state index in [0.717, 1.165) is 19.5 Å². The molecule has 0 saturated carbocycles. The molecule has 1 fully saturated rings. The third-order valence-electron chi connectivity index (χ3n) is 2.72. The number of hydrogen-bond acceptors (Lipinski definition) is 3. The highest BCUT2D eigenvalue weighted by Crippen LogP contribution is 2.11. The molecular formula is C10H16N4O. The zero-order valence-electron chi connectivity index (χ0n) is 8.89. The maximum absolute atomic E-state index is 11.9. The molecule has 15 heavy (non-hydrogen) atoms. The topological polar surface area (TPSA) is 64.2 Å². The SMILES string of the molecule is CCn1cc(C(=O)N2CC[C@H](N)C2)cn1. The van der Waals surface area contributed by atoms with Gasteiger partial charge in [-0.3, -0.25) is 9.48 Å². The van der Waals surface area contributed by atoms with Crippen LogP contribution in [0.1, 0.15) is 23.7 Å². The first-order valence-corrected chi connectivity index (χ1v) is 5.28. The van der Waals surface area contributed by atoms with Crippen molar-refractivity contribution < 1.29 is 4.79 Å². The summed E-state index contributed by atoms with van der Waals surface area (Å²) in [5.41, 5.74) is 6.42. The van der Waals surface area contributed by atoms with Gasteiger partial charge in [0.25, 0.3) is 5.91 Å². The zero-order valence-corrected chi connectivity index (χ0v) is 8.89. The summed E-state index contributed by atoms with van der Waals surface area (Å²) in [4.78, 5) is 13.7. The van der Waals surface area contributed by atoms with Crippen molar-refractivity contribution in [2.24, 2.45) is 5.73 Å². The highest BCUT2D eigenvalue weighted by atomic mass is 16.2. The molecule has 5 heteroatoms. The third-order valence-corrected chi connectivity index (χ3v) is 2.72. The molecule has 1 atom stereocenters. The first kappa shape index (κ1) is 10.2. The van der Waals surface area contributed by atoms with Crippen molar-refractivity contribution in [1.29, 1.82) is 0 Å². The van der Waals surface area contributed by atoms with Crippen LogP contribution in [0.25, 0.3) is 0 Å². The predicted molar refractivity (Wildman–Crippen MR) is 56.4 cm³/mol. The number of amides is 1. The molecule has 2 N–H and O–H groups in total. The summed E-state index contributed by atoms with van der Waals surface area (Å²) in [7, 11) is 0. The van der Waals surface area contributed by atoms with Crippen LogP contribution in [-0.2, 0) is 6.54 Å². The van der Waals surface area contributed by atoms with E-state index in [1.807, 2.05) is 6.92 Å². The number of hydrogen-bond donors (Lipinski definition) is 1. The molecule has 2 rings (SSSR count). The summed E-state index contributed by atoms with van der Waals surface area (Å²) < 4.78 is 1.75. The van der Waals surface area contributed by atoms with Gasteiger partial charge in [-0.25, -0.2) is 0 Å². The number of rotatable bonds is 2. The smallest absolute Gasteiger partial charge is 0.257 e. The Morgan fingerprint density at radius 2 is 2.53 bits per heavy atom. The van der Waals surface area contributed by atoms with E-state index >= 15 is 0 Å². The fourth-order valence-corrected chi connectivity index (χ4v) is 1.80. The number of aryl methyl sites for hydroxylation is 1. The molecule has 1 saturated heterocycles. The van der Waals surface area contributed by atoms with Crippen LogP contribution in [0.15, 0.2) is 12.4 Å². The van der Waals surface area contributed by atoms with Crippen molar-refractivity contribution in [2.45, 2.75) is 25.9 Å². The van der Waals surface area contributed by atoms with Gasteiger partial charge in [-0.05, 0) is 13.3 Å². The minimum atomic E-state index is 0.0441. The van der Waals surface area contributed by atoms with Gasteiger partial charge >= 0.3 is 0 Å². The van der Waals surface area contributed by atoms with Crippen molar-refractivity contribution in [3.8, 4) is 0 Å². The molecule has 1 aromatic heterocycles. The minimum absolute atomic E-state index is 0.0441. The van der Waals surface area contributed by atoms with Gasteiger partial charge in [0.1, 0.15) is 0 Å². The second kappa shape index (κ2) is 4.02. The Balaban J connectivity index is 2.07. The summed E-state index contributed by atoms with van der Waals surface area (Å²) in [6.07, 6.45) is 4.30. The highest BCUT2D eigenvalue weighted by molar-refractivity contribution is 5.93. The molecular weight excluding hydrogens is 192 g/mol. The average Bonchev–Trinajstić information content (AvgIpc) is 2.84. The summed E-state index contributed by atoms with van der Waals surface area (Å²) in [6.45, 7) is 4.20. The fourth-order valence-electron chi connectivity index (χ4n) is 1.80. The number of aromatic nitrogens is 2. The third kappa shape index (κ3) is 2.02. The molecule has 1 amide bonds. The Bertz CT molecular complexity index is 360. The molecule has 82 valence electrons. The van der Waals surface area contributed by atoms with Crippen LogP contribution in [0, 0.1) is 0 Å². The van der Waals surface area contributed by atoms with Gasteiger partial charge < -0.3 is 10.6 Å². The summed E-state index contributed by atoms with van der Waals surface area (Å²) >= 11 is 0. The van der Waals surface area contributed by atoms with Crippen LogP contribution < -0.4 is 5.73 Å². The maximum atomic E-state index is 11.9. The van der Waals surface area contributed by atoms with E-state index in [1.165, 1.54) is 0 Å². The molecule has 1 aromatic rings. The summed E-state index contributed by atoms with van der Waals surface area (Å²) in [6, 6.07) is 0.134. The van der Waals surface area contributed by atoms with E-state index in [9.17, 15) is 4.79 Å². The molecule has 0 unspecified atom stereocenters. The molecule has 0 aliphatic carbocycles. The molecule has 0 spiro atoms. The Morgan fingerprint density at radius 1 is 1.73 bits per heavy atom. The van der Waals surface area contributed by atoms with Gasteiger partial charge in [-0.1, -0.05) is 0 Å². The van der Waals surface area contributed by atoms with E-state index in [0.29, 0.717) is 12.1 Å². The molecule has 1 aliphatic rings. The van der Waals surface area contributed by atoms with E-state index in [-0.39, 0.29) is 11.9 Å². The van der Waals surface area contributed by atoms with Gasteiger partial charge in [-0.2, -0.15) is 5.10 Å². The molecule has 5 nitrogen and oxygen atoms in total. The lowest BCUT2D eigenvalue weighted by molar-refractivity contribution is 0.0791. The van der Waals surface area contributed by atoms with Crippen LogP contribution in [-0.4, -0.2) is 39.7 Å². The summed E-state index contributed by atoms with van der Waals surface area (Å²) in [5, 5.41) is 4.08. The van der Waals surface area contributed by atoms with Crippen LogP contribution in [0.5, 0.6) is 0 Å². The number of likely N-dealkylation sites (tertiary alicyclic amines) is 1. The van der Waals surface area contributed by atoms with Crippen LogP contribution in [0.2, 0.25) is 0 Å². The molecule has 0 radical (unpaired) electrons. The Kier molecular flexibility index (Phi) is 2.73. The second-order valence-corrected chi connectivity index (χ2v) is 3.88. The second-order valence-electron chi connectivity index (χ2n) is 3.88. The molecule has 1 aliphatic heterocycles. The molecule has 0 aromatic carbocycles. The van der Waals surface area contributed by atoms with Crippen molar-refractivity contribution in [1.82, 2.24) is 14.7 Å². The lowest BCUT2D eigenvalue weighted by atomic mass is 10.3.